The number of methoxy groups -OCH3 is 1. The van der Waals surface area contributed by atoms with E-state index in [0.29, 0.717) is 23.7 Å². The highest BCUT2D eigenvalue weighted by Crippen LogP contribution is 2.30. The van der Waals surface area contributed by atoms with Gasteiger partial charge in [-0.3, -0.25) is 20.2 Å². The lowest BCUT2D eigenvalue weighted by atomic mass is 10.1. The third-order valence-electron chi connectivity index (χ3n) is 3.75. The summed E-state index contributed by atoms with van der Waals surface area (Å²) >= 11 is 7.03. The molecule has 3 rings (SSSR count). The Morgan fingerprint density at radius 1 is 1.04 bits per heavy atom. The number of ether oxygens (including phenoxy) is 2. The highest BCUT2D eigenvalue weighted by molar-refractivity contribution is 14.1. The van der Waals surface area contributed by atoms with E-state index in [1.54, 1.807) is 18.2 Å². The molecule has 1 heterocycles. The Labute approximate surface area is 175 Å². The molecule has 1 aliphatic heterocycles. The Morgan fingerprint density at radius 3 is 2.33 bits per heavy atom. The first-order valence-electron chi connectivity index (χ1n) is 7.90. The Balaban J connectivity index is 1.78. The van der Waals surface area contributed by atoms with Gasteiger partial charge in [-0.05, 0) is 76.3 Å². The molecule has 2 aromatic carbocycles. The van der Waals surface area contributed by atoms with Crippen LogP contribution in [0.5, 0.6) is 11.5 Å². The van der Waals surface area contributed by atoms with Gasteiger partial charge in [0.15, 0.2) is 16.6 Å². The maximum absolute atomic E-state index is 11.9. The SMILES string of the molecule is COc1cc(C=C2C(=O)NC(=S)NC2=O)ccc1OCc1ccc(I)cc1. The maximum Gasteiger partial charge on any atom is 0.263 e. The van der Waals surface area contributed by atoms with Crippen LogP contribution in [-0.4, -0.2) is 24.0 Å². The molecule has 27 heavy (non-hydrogen) atoms. The smallest absolute Gasteiger partial charge is 0.263 e. The zero-order chi connectivity index (χ0) is 19.4. The van der Waals surface area contributed by atoms with E-state index < -0.39 is 11.8 Å². The molecule has 0 bridgehead atoms. The molecule has 0 unspecified atom stereocenters. The van der Waals surface area contributed by atoms with Crippen LogP contribution >= 0.6 is 34.8 Å². The Kier molecular flexibility index (Phi) is 6.07. The summed E-state index contributed by atoms with van der Waals surface area (Å²) in [5.41, 5.74) is 1.63. The fourth-order valence-corrected chi connectivity index (χ4v) is 2.95. The molecule has 1 saturated heterocycles. The molecular weight excluding hydrogens is 479 g/mol. The first-order chi connectivity index (χ1) is 13.0. The average Bonchev–Trinajstić information content (AvgIpc) is 2.64. The summed E-state index contributed by atoms with van der Waals surface area (Å²) in [4.78, 5) is 23.9. The summed E-state index contributed by atoms with van der Waals surface area (Å²) < 4.78 is 12.4. The number of thiocarbonyl (C=S) groups is 1. The lowest BCUT2D eigenvalue weighted by Gasteiger charge is -2.16. The van der Waals surface area contributed by atoms with Crippen molar-refractivity contribution >= 4 is 57.8 Å². The quantitative estimate of drug-likeness (QED) is 0.290. The van der Waals surface area contributed by atoms with E-state index in [0.717, 1.165) is 9.13 Å². The lowest BCUT2D eigenvalue weighted by Crippen LogP contribution is -2.51. The van der Waals surface area contributed by atoms with Gasteiger partial charge in [0.05, 0.1) is 7.11 Å². The van der Waals surface area contributed by atoms with Gasteiger partial charge in [0.2, 0.25) is 0 Å². The standard InChI is InChI=1S/C19H15IN2O4S/c1-25-16-9-12(8-14-17(23)21-19(27)22-18(14)24)4-7-15(16)26-10-11-2-5-13(20)6-3-11/h2-9H,10H2,1H3,(H2,21,22,23,24,27). The number of carbonyl (C=O) groups excluding carboxylic acids is 2. The van der Waals surface area contributed by atoms with Crippen LogP contribution in [0.3, 0.4) is 0 Å². The first kappa shape index (κ1) is 19.3. The molecule has 0 atom stereocenters. The van der Waals surface area contributed by atoms with Crippen LogP contribution in [0.4, 0.5) is 0 Å². The van der Waals surface area contributed by atoms with Gasteiger partial charge in [-0.2, -0.15) is 0 Å². The normalized spacial score (nSPS) is 13.7. The number of benzene rings is 2. The summed E-state index contributed by atoms with van der Waals surface area (Å²) in [5.74, 6) is -0.0116. The number of nitrogens with one attached hydrogen (secondary N) is 2. The third kappa shape index (κ3) is 4.83. The lowest BCUT2D eigenvalue weighted by molar-refractivity contribution is -0.123. The van der Waals surface area contributed by atoms with Crippen LogP contribution in [0.15, 0.2) is 48.0 Å². The van der Waals surface area contributed by atoms with Crippen molar-refractivity contribution in [2.75, 3.05) is 7.11 Å². The molecule has 0 radical (unpaired) electrons. The Hall–Kier alpha value is -2.46. The number of rotatable bonds is 5. The van der Waals surface area contributed by atoms with Crippen LogP contribution < -0.4 is 20.1 Å². The fourth-order valence-electron chi connectivity index (χ4n) is 2.41. The maximum atomic E-state index is 11.9. The van der Waals surface area contributed by atoms with Crippen LogP contribution in [0, 0.1) is 3.57 Å². The topological polar surface area (TPSA) is 76.7 Å². The number of hydrogen-bond donors (Lipinski definition) is 2. The molecule has 2 amide bonds. The largest absolute Gasteiger partial charge is 0.493 e. The highest BCUT2D eigenvalue weighted by Gasteiger charge is 2.25. The number of halogens is 1. The zero-order valence-corrected chi connectivity index (χ0v) is 17.2. The van der Waals surface area contributed by atoms with Crippen molar-refractivity contribution in [1.82, 2.24) is 10.6 Å². The van der Waals surface area contributed by atoms with E-state index in [1.807, 2.05) is 24.3 Å². The molecule has 0 saturated carbocycles. The summed E-state index contributed by atoms with van der Waals surface area (Å²) in [7, 11) is 1.53. The van der Waals surface area contributed by atoms with E-state index >= 15 is 0 Å². The minimum absolute atomic E-state index is 0.000854. The molecule has 8 heteroatoms. The molecule has 0 aromatic heterocycles. The summed E-state index contributed by atoms with van der Waals surface area (Å²) in [6.07, 6.45) is 1.47. The molecule has 1 aliphatic rings. The zero-order valence-electron chi connectivity index (χ0n) is 14.2. The van der Waals surface area contributed by atoms with E-state index in [4.69, 9.17) is 21.7 Å². The van der Waals surface area contributed by atoms with Crippen molar-refractivity contribution in [2.24, 2.45) is 0 Å². The van der Waals surface area contributed by atoms with Crippen molar-refractivity contribution in [3.63, 3.8) is 0 Å². The van der Waals surface area contributed by atoms with Crippen LogP contribution in [0.25, 0.3) is 6.08 Å². The summed E-state index contributed by atoms with van der Waals surface area (Å²) in [6, 6.07) is 13.2. The van der Waals surface area contributed by atoms with Gasteiger partial charge >= 0.3 is 0 Å². The van der Waals surface area contributed by atoms with Gasteiger partial charge in [0, 0.05) is 3.57 Å². The summed E-state index contributed by atoms with van der Waals surface area (Å²) in [6.45, 7) is 0.399. The number of carbonyl (C=O) groups is 2. The van der Waals surface area contributed by atoms with Gasteiger partial charge in [-0.15, -0.1) is 0 Å². The van der Waals surface area contributed by atoms with Gasteiger partial charge in [-0.25, -0.2) is 0 Å². The minimum atomic E-state index is -0.540. The highest BCUT2D eigenvalue weighted by atomic mass is 127. The van der Waals surface area contributed by atoms with Crippen molar-refractivity contribution in [3.05, 3.63) is 62.7 Å². The number of amides is 2. The Morgan fingerprint density at radius 2 is 1.70 bits per heavy atom. The number of hydrogen-bond acceptors (Lipinski definition) is 5. The van der Waals surface area contributed by atoms with Crippen LogP contribution in [0.2, 0.25) is 0 Å². The first-order valence-corrected chi connectivity index (χ1v) is 9.38. The second-order valence-electron chi connectivity index (χ2n) is 5.62. The van der Waals surface area contributed by atoms with Gasteiger partial charge < -0.3 is 9.47 Å². The van der Waals surface area contributed by atoms with Crippen molar-refractivity contribution in [1.29, 1.82) is 0 Å². The second-order valence-corrected chi connectivity index (χ2v) is 7.27. The van der Waals surface area contributed by atoms with E-state index in [1.165, 1.54) is 13.2 Å². The van der Waals surface area contributed by atoms with Gasteiger partial charge in [-0.1, -0.05) is 18.2 Å². The molecule has 138 valence electrons. The molecule has 0 spiro atoms. The van der Waals surface area contributed by atoms with Crippen molar-refractivity contribution < 1.29 is 19.1 Å². The van der Waals surface area contributed by atoms with E-state index in [-0.39, 0.29) is 10.7 Å². The van der Waals surface area contributed by atoms with Crippen molar-refractivity contribution in [3.8, 4) is 11.5 Å². The minimum Gasteiger partial charge on any atom is -0.493 e. The van der Waals surface area contributed by atoms with Crippen molar-refractivity contribution in [2.45, 2.75) is 6.61 Å². The molecule has 2 aromatic rings. The van der Waals surface area contributed by atoms with Gasteiger partial charge in [0.1, 0.15) is 12.2 Å². The summed E-state index contributed by atoms with van der Waals surface area (Å²) in [5, 5.41) is 4.80. The van der Waals surface area contributed by atoms with Crippen LogP contribution in [-0.2, 0) is 16.2 Å². The molecule has 0 aliphatic carbocycles. The van der Waals surface area contributed by atoms with Gasteiger partial charge in [0.25, 0.3) is 11.8 Å². The molecular formula is C19H15IN2O4S. The van der Waals surface area contributed by atoms with E-state index in [2.05, 4.69) is 33.2 Å². The fraction of sp³-hybridized carbons (Fsp3) is 0.105. The van der Waals surface area contributed by atoms with E-state index in [9.17, 15) is 9.59 Å². The van der Waals surface area contributed by atoms with Crippen LogP contribution in [0.1, 0.15) is 11.1 Å². The molecule has 1 fully saturated rings. The molecule has 2 N–H and O–H groups in total. The second kappa shape index (κ2) is 8.49. The average molecular weight is 494 g/mol. The predicted octanol–water partition coefficient (Wildman–Crippen LogP) is 2.79. The third-order valence-corrected chi connectivity index (χ3v) is 4.67. The Bertz CT molecular complexity index is 919. The monoisotopic (exact) mass is 494 g/mol. The molecule has 6 nitrogen and oxygen atoms in total. The predicted molar refractivity (Wildman–Crippen MR) is 113 cm³/mol.